The molecule has 5 rings (SSSR count). The van der Waals surface area contributed by atoms with Gasteiger partial charge in [0, 0.05) is 53.8 Å². The van der Waals surface area contributed by atoms with E-state index in [1.165, 1.54) is 30.2 Å². The number of hydrogen-bond donors (Lipinski definition) is 2. The minimum Gasteiger partial charge on any atom is -0.495 e. The number of carbonyl (C=O) groups is 3. The number of anilines is 1. The van der Waals surface area contributed by atoms with Gasteiger partial charge in [-0.3, -0.25) is 19.4 Å². The number of carboxylic acid groups (broad SMARTS) is 1. The molecular weight excluding hydrogens is 685 g/mol. The van der Waals surface area contributed by atoms with Crippen LogP contribution in [0.3, 0.4) is 0 Å². The fourth-order valence-electron chi connectivity index (χ4n) is 4.98. The van der Waals surface area contributed by atoms with Crippen molar-refractivity contribution in [1.29, 1.82) is 0 Å². The zero-order valence-electron chi connectivity index (χ0n) is 25.3. The van der Waals surface area contributed by atoms with Crippen LogP contribution >= 0.6 is 47.2 Å². The lowest BCUT2D eigenvalue weighted by atomic mass is 10.0. The smallest absolute Gasteiger partial charge is 0.335 e. The third-order valence-electron chi connectivity index (χ3n) is 7.47. The Morgan fingerprint density at radius 2 is 1.85 bits per heavy atom. The van der Waals surface area contributed by atoms with E-state index in [-0.39, 0.29) is 30.2 Å². The monoisotopic (exact) mass is 715 g/mol. The molecule has 47 heavy (non-hydrogen) atoms. The van der Waals surface area contributed by atoms with Gasteiger partial charge in [0.1, 0.15) is 22.4 Å². The summed E-state index contributed by atoms with van der Waals surface area (Å²) in [5.74, 6) is -1.04. The zero-order chi connectivity index (χ0) is 33.5. The molecule has 0 spiro atoms. The van der Waals surface area contributed by atoms with E-state index in [1.807, 2.05) is 24.3 Å². The van der Waals surface area contributed by atoms with Gasteiger partial charge in [-0.1, -0.05) is 59.3 Å². The average molecular weight is 717 g/mol. The molecule has 0 atom stereocenters. The molecule has 14 heteroatoms. The first-order chi connectivity index (χ1) is 22.6. The predicted octanol–water partition coefficient (Wildman–Crippen LogP) is 6.31. The van der Waals surface area contributed by atoms with Crippen molar-refractivity contribution in [2.45, 2.75) is 6.42 Å². The Bertz CT molecular complexity index is 1730. The van der Waals surface area contributed by atoms with Crippen LogP contribution in [0.15, 0.2) is 59.5 Å². The summed E-state index contributed by atoms with van der Waals surface area (Å²) in [7, 11) is 1.38. The van der Waals surface area contributed by atoms with Crippen LogP contribution in [0.2, 0.25) is 10.0 Å². The Labute approximate surface area is 291 Å². The van der Waals surface area contributed by atoms with Crippen LogP contribution in [0.25, 0.3) is 17.2 Å². The van der Waals surface area contributed by atoms with Crippen LogP contribution in [-0.4, -0.2) is 90.1 Å². The maximum absolute atomic E-state index is 13.5. The molecule has 10 nitrogen and oxygen atoms in total. The average Bonchev–Trinajstić information content (AvgIpc) is 3.32. The third kappa shape index (κ3) is 8.83. The molecule has 246 valence electrons. The summed E-state index contributed by atoms with van der Waals surface area (Å²) < 4.78 is 17.2. The Balaban J connectivity index is 1.31. The molecule has 2 aliphatic heterocycles. The van der Waals surface area contributed by atoms with Crippen LogP contribution in [0.4, 0.5) is 5.69 Å². The highest BCUT2D eigenvalue weighted by molar-refractivity contribution is 8.26. The van der Waals surface area contributed by atoms with E-state index in [4.69, 9.17) is 49.6 Å². The standard InChI is InChI=1S/C33H31Cl2N3O7S2/c1-43-28-17-21(32(41)42)2-6-26(28)36-30(39)8-9-38-31(40)29(47-33(38)46)18-22-16-20(24-5-4-23(34)19-25(24)35)3-7-27(22)45-15-12-37-10-13-44-14-11-37/h2-7,16-19H,8-15H2,1H3,(H,36,39)(H,41,42)/b29-18-. The fraction of sp³-hybridized carbons (Fsp3) is 0.273. The maximum atomic E-state index is 13.5. The number of benzene rings is 3. The van der Waals surface area contributed by atoms with Crippen LogP contribution in [0.5, 0.6) is 11.5 Å². The SMILES string of the molecule is COc1cc(C(=O)O)ccc1NC(=O)CCN1C(=O)/C(=C/c2cc(-c3ccc(Cl)cc3Cl)ccc2OCCN2CCOCC2)SC1=S. The van der Waals surface area contributed by atoms with Gasteiger partial charge < -0.3 is 24.6 Å². The van der Waals surface area contributed by atoms with Gasteiger partial charge in [-0.2, -0.15) is 0 Å². The number of amides is 2. The highest BCUT2D eigenvalue weighted by Crippen LogP contribution is 2.38. The van der Waals surface area contributed by atoms with Gasteiger partial charge in [-0.05, 0) is 54.1 Å². The number of halogens is 2. The lowest BCUT2D eigenvalue weighted by molar-refractivity contribution is -0.122. The molecule has 2 N–H and O–H groups in total. The van der Waals surface area contributed by atoms with Crippen molar-refractivity contribution in [3.63, 3.8) is 0 Å². The summed E-state index contributed by atoms with van der Waals surface area (Å²) in [6.07, 6.45) is 1.69. The van der Waals surface area contributed by atoms with Gasteiger partial charge in [-0.15, -0.1) is 0 Å². The quantitative estimate of drug-likeness (QED) is 0.163. The van der Waals surface area contributed by atoms with Crippen molar-refractivity contribution in [2.24, 2.45) is 0 Å². The largest absolute Gasteiger partial charge is 0.495 e. The van der Waals surface area contributed by atoms with Crippen LogP contribution < -0.4 is 14.8 Å². The molecular formula is C33H31Cl2N3O7S2. The molecule has 3 aromatic rings. The first-order valence-electron chi connectivity index (χ1n) is 14.6. The van der Waals surface area contributed by atoms with Crippen molar-refractivity contribution >= 4 is 81.0 Å². The van der Waals surface area contributed by atoms with Gasteiger partial charge in [0.2, 0.25) is 5.91 Å². The van der Waals surface area contributed by atoms with E-state index < -0.39 is 11.9 Å². The summed E-state index contributed by atoms with van der Waals surface area (Å²) >= 11 is 19.3. The number of carboxylic acids is 1. The fourth-order valence-corrected chi connectivity index (χ4v) is 6.80. The van der Waals surface area contributed by atoms with Gasteiger partial charge in [-0.25, -0.2) is 4.79 Å². The van der Waals surface area contributed by atoms with Crippen molar-refractivity contribution in [1.82, 2.24) is 9.80 Å². The number of thiocarbonyl (C=S) groups is 1. The molecule has 2 heterocycles. The van der Waals surface area contributed by atoms with Crippen molar-refractivity contribution in [2.75, 3.05) is 58.4 Å². The van der Waals surface area contributed by atoms with E-state index in [2.05, 4.69) is 10.2 Å². The number of rotatable bonds is 12. The first-order valence-corrected chi connectivity index (χ1v) is 16.6. The summed E-state index contributed by atoms with van der Waals surface area (Å²) in [6.45, 7) is 4.30. The van der Waals surface area contributed by atoms with Crippen molar-refractivity contribution < 1.29 is 33.7 Å². The zero-order valence-corrected chi connectivity index (χ0v) is 28.4. The predicted molar refractivity (Wildman–Crippen MR) is 188 cm³/mol. The van der Waals surface area contributed by atoms with E-state index in [9.17, 15) is 19.5 Å². The number of carbonyl (C=O) groups excluding carboxylic acids is 2. The normalized spacial score (nSPS) is 16.1. The number of hydrogen-bond acceptors (Lipinski definition) is 9. The molecule has 2 fully saturated rings. The Morgan fingerprint density at radius 1 is 1.06 bits per heavy atom. The van der Waals surface area contributed by atoms with Crippen LogP contribution in [0.1, 0.15) is 22.3 Å². The molecule has 0 saturated carbocycles. The number of thioether (sulfide) groups is 1. The molecule has 3 aromatic carbocycles. The second-order valence-electron chi connectivity index (χ2n) is 10.5. The van der Waals surface area contributed by atoms with E-state index >= 15 is 0 Å². The number of morpholine rings is 1. The second kappa shape index (κ2) is 16.0. The molecule has 2 amide bonds. The minimum absolute atomic E-state index is 0.0247. The number of methoxy groups -OCH3 is 1. The topological polar surface area (TPSA) is 118 Å². The molecule has 2 saturated heterocycles. The number of nitrogens with one attached hydrogen (secondary N) is 1. The second-order valence-corrected chi connectivity index (χ2v) is 13.1. The van der Waals surface area contributed by atoms with Crippen LogP contribution in [-0.2, 0) is 14.3 Å². The van der Waals surface area contributed by atoms with E-state index in [0.29, 0.717) is 56.1 Å². The van der Waals surface area contributed by atoms with E-state index in [0.717, 1.165) is 42.5 Å². The van der Waals surface area contributed by atoms with Crippen molar-refractivity contribution in [3.05, 3.63) is 80.7 Å². The van der Waals surface area contributed by atoms with Crippen molar-refractivity contribution in [3.8, 4) is 22.6 Å². The Kier molecular flexibility index (Phi) is 11.8. The molecule has 0 aromatic heterocycles. The first kappa shape index (κ1) is 34.7. The Morgan fingerprint density at radius 3 is 2.57 bits per heavy atom. The molecule has 0 unspecified atom stereocenters. The third-order valence-corrected chi connectivity index (χ3v) is 9.39. The summed E-state index contributed by atoms with van der Waals surface area (Å²) in [4.78, 5) is 41.6. The number of nitrogens with zero attached hydrogens (tertiary/aromatic N) is 2. The number of aromatic carboxylic acids is 1. The lowest BCUT2D eigenvalue weighted by Crippen LogP contribution is -2.38. The minimum atomic E-state index is -1.12. The van der Waals surface area contributed by atoms with E-state index in [1.54, 1.807) is 18.2 Å². The summed E-state index contributed by atoms with van der Waals surface area (Å²) in [5, 5.41) is 12.9. The number of ether oxygens (including phenoxy) is 3. The highest BCUT2D eigenvalue weighted by atomic mass is 35.5. The molecule has 0 aliphatic carbocycles. The van der Waals surface area contributed by atoms with Gasteiger partial charge in [0.25, 0.3) is 5.91 Å². The highest BCUT2D eigenvalue weighted by Gasteiger charge is 2.32. The lowest BCUT2D eigenvalue weighted by Gasteiger charge is -2.26. The Hall–Kier alpha value is -3.65. The van der Waals surface area contributed by atoms with Gasteiger partial charge in [0.05, 0.1) is 36.5 Å². The van der Waals surface area contributed by atoms with Crippen LogP contribution in [0, 0.1) is 0 Å². The maximum Gasteiger partial charge on any atom is 0.335 e. The summed E-state index contributed by atoms with van der Waals surface area (Å²) in [5.41, 5.74) is 2.60. The molecule has 0 bridgehead atoms. The van der Waals surface area contributed by atoms with Gasteiger partial charge in [0.15, 0.2) is 0 Å². The molecule has 0 radical (unpaired) electrons. The van der Waals surface area contributed by atoms with Gasteiger partial charge >= 0.3 is 5.97 Å². The molecule has 2 aliphatic rings. The summed E-state index contributed by atoms with van der Waals surface area (Å²) in [6, 6.07) is 15.1.